The standard InChI is InChI=1S/C30H25NO7/c1-3-13-35-22-12-10-19(15-25(22)34-4-2)27-26-28(32)20-7-5-6-8-21(20)38-29(26)30(33)31(27)16-18-9-11-23-24(14-18)37-17-36-23/h3,5-12,14-15,27H,1,4,13,16-17H2,2H3/t27-/m1/s1. The lowest BCUT2D eigenvalue weighted by atomic mass is 9.97. The molecule has 1 aromatic heterocycles. The SMILES string of the molecule is C=CCOc1ccc([C@@H]2c3c(oc4ccccc4c3=O)C(=O)N2Cc2ccc3c(c2)OCO3)cc1OCC. The first-order valence-corrected chi connectivity index (χ1v) is 12.3. The molecule has 0 N–H and O–H groups in total. The fraction of sp³-hybridized carbons (Fsp3) is 0.200. The van der Waals surface area contributed by atoms with Gasteiger partial charge >= 0.3 is 0 Å². The van der Waals surface area contributed by atoms with E-state index in [1.165, 1.54) is 0 Å². The summed E-state index contributed by atoms with van der Waals surface area (Å²) in [5, 5.41) is 0.421. The van der Waals surface area contributed by atoms with E-state index in [0.29, 0.717) is 58.3 Å². The average Bonchev–Trinajstić information content (AvgIpc) is 3.51. The van der Waals surface area contributed by atoms with Crippen LogP contribution in [0.3, 0.4) is 0 Å². The summed E-state index contributed by atoms with van der Waals surface area (Å²) in [5.74, 6) is 2.01. The Bertz CT molecular complexity index is 1620. The van der Waals surface area contributed by atoms with Crippen molar-refractivity contribution in [3.8, 4) is 23.0 Å². The van der Waals surface area contributed by atoms with Crippen molar-refractivity contribution in [1.29, 1.82) is 0 Å². The molecule has 0 spiro atoms. The molecule has 8 heteroatoms. The van der Waals surface area contributed by atoms with Crippen LogP contribution in [0.15, 0.2) is 82.5 Å². The van der Waals surface area contributed by atoms with E-state index in [-0.39, 0.29) is 30.4 Å². The van der Waals surface area contributed by atoms with Gasteiger partial charge in [-0.1, -0.05) is 36.9 Å². The van der Waals surface area contributed by atoms with Crippen molar-refractivity contribution in [2.24, 2.45) is 0 Å². The molecule has 0 saturated carbocycles. The summed E-state index contributed by atoms with van der Waals surface area (Å²) >= 11 is 0. The third-order valence-corrected chi connectivity index (χ3v) is 6.60. The van der Waals surface area contributed by atoms with Gasteiger partial charge < -0.3 is 28.3 Å². The second-order valence-electron chi connectivity index (χ2n) is 8.93. The van der Waals surface area contributed by atoms with E-state index >= 15 is 0 Å². The number of hydrogen-bond acceptors (Lipinski definition) is 7. The number of hydrogen-bond donors (Lipinski definition) is 0. The summed E-state index contributed by atoms with van der Waals surface area (Å²) in [6.07, 6.45) is 1.65. The molecule has 3 heterocycles. The second kappa shape index (κ2) is 9.63. The Kier molecular flexibility index (Phi) is 5.99. The molecule has 1 atom stereocenters. The summed E-state index contributed by atoms with van der Waals surface area (Å²) in [5.41, 5.74) is 1.97. The maximum Gasteiger partial charge on any atom is 0.291 e. The highest BCUT2D eigenvalue weighted by molar-refractivity contribution is 5.99. The van der Waals surface area contributed by atoms with Crippen molar-refractivity contribution in [3.05, 3.63) is 106 Å². The summed E-state index contributed by atoms with van der Waals surface area (Å²) in [6, 6.07) is 17.2. The van der Waals surface area contributed by atoms with Gasteiger partial charge in [0.15, 0.2) is 28.4 Å². The normalized spacial score (nSPS) is 15.6. The van der Waals surface area contributed by atoms with Crippen molar-refractivity contribution in [2.75, 3.05) is 20.0 Å². The molecule has 0 fully saturated rings. The van der Waals surface area contributed by atoms with Crippen LogP contribution in [0, 0.1) is 0 Å². The summed E-state index contributed by atoms with van der Waals surface area (Å²) in [4.78, 5) is 29.2. The lowest BCUT2D eigenvalue weighted by molar-refractivity contribution is 0.0714. The van der Waals surface area contributed by atoms with Crippen molar-refractivity contribution in [3.63, 3.8) is 0 Å². The van der Waals surface area contributed by atoms with Gasteiger partial charge in [-0.15, -0.1) is 0 Å². The third-order valence-electron chi connectivity index (χ3n) is 6.60. The molecular formula is C30H25NO7. The predicted molar refractivity (Wildman–Crippen MR) is 140 cm³/mol. The minimum atomic E-state index is -0.698. The molecule has 0 radical (unpaired) electrons. The Balaban J connectivity index is 1.50. The number of fused-ring (bicyclic) bond motifs is 3. The fourth-order valence-electron chi connectivity index (χ4n) is 4.94. The van der Waals surface area contributed by atoms with Crippen LogP contribution in [0.2, 0.25) is 0 Å². The van der Waals surface area contributed by atoms with E-state index in [4.69, 9.17) is 23.4 Å². The first kappa shape index (κ1) is 23.7. The number of benzene rings is 3. The molecule has 3 aromatic carbocycles. The second-order valence-corrected chi connectivity index (χ2v) is 8.93. The Morgan fingerprint density at radius 1 is 1.00 bits per heavy atom. The quantitative estimate of drug-likeness (QED) is 0.299. The van der Waals surface area contributed by atoms with Crippen LogP contribution >= 0.6 is 0 Å². The van der Waals surface area contributed by atoms with E-state index in [1.54, 1.807) is 41.3 Å². The number of carbonyl (C=O) groups is 1. The smallest absolute Gasteiger partial charge is 0.291 e. The number of para-hydroxylation sites is 1. The highest BCUT2D eigenvalue weighted by atomic mass is 16.7. The van der Waals surface area contributed by atoms with E-state index in [9.17, 15) is 9.59 Å². The predicted octanol–water partition coefficient (Wildman–Crippen LogP) is 5.23. The van der Waals surface area contributed by atoms with Crippen molar-refractivity contribution < 1.29 is 28.2 Å². The number of ether oxygens (including phenoxy) is 4. The zero-order valence-corrected chi connectivity index (χ0v) is 20.8. The molecule has 2 aliphatic heterocycles. The van der Waals surface area contributed by atoms with Gasteiger partial charge in [0, 0.05) is 6.54 Å². The van der Waals surface area contributed by atoms with E-state index in [1.807, 2.05) is 37.3 Å². The zero-order chi connectivity index (χ0) is 26.2. The largest absolute Gasteiger partial charge is 0.490 e. The number of carbonyl (C=O) groups excluding carboxylic acids is 1. The highest BCUT2D eigenvalue weighted by Gasteiger charge is 2.43. The topological polar surface area (TPSA) is 87.4 Å². The van der Waals surface area contributed by atoms with Crippen LogP contribution in [-0.4, -0.2) is 30.8 Å². The van der Waals surface area contributed by atoms with Gasteiger partial charge in [0.25, 0.3) is 5.91 Å². The maximum atomic E-state index is 13.8. The molecule has 0 aliphatic carbocycles. The van der Waals surface area contributed by atoms with Crippen molar-refractivity contribution in [1.82, 2.24) is 4.90 Å². The van der Waals surface area contributed by atoms with Crippen LogP contribution in [0.1, 0.15) is 40.2 Å². The van der Waals surface area contributed by atoms with Crippen LogP contribution in [-0.2, 0) is 6.54 Å². The molecule has 4 aromatic rings. The van der Waals surface area contributed by atoms with Gasteiger partial charge in [0.1, 0.15) is 12.2 Å². The molecule has 1 amide bonds. The molecule has 0 bridgehead atoms. The Morgan fingerprint density at radius 2 is 1.84 bits per heavy atom. The number of amides is 1. The van der Waals surface area contributed by atoms with Gasteiger partial charge in [-0.2, -0.15) is 0 Å². The van der Waals surface area contributed by atoms with Crippen molar-refractivity contribution >= 4 is 16.9 Å². The zero-order valence-electron chi connectivity index (χ0n) is 20.8. The summed E-state index contributed by atoms with van der Waals surface area (Å²) in [6.45, 7) is 6.69. The lowest BCUT2D eigenvalue weighted by Crippen LogP contribution is -2.29. The first-order chi connectivity index (χ1) is 18.6. The van der Waals surface area contributed by atoms with Gasteiger partial charge in [0.05, 0.1) is 23.6 Å². The van der Waals surface area contributed by atoms with Crippen molar-refractivity contribution in [2.45, 2.75) is 19.5 Å². The molecule has 2 aliphatic rings. The third kappa shape index (κ3) is 3.94. The minimum absolute atomic E-state index is 0.0457. The maximum absolute atomic E-state index is 13.8. The van der Waals surface area contributed by atoms with E-state index in [2.05, 4.69) is 6.58 Å². The first-order valence-electron chi connectivity index (χ1n) is 12.3. The van der Waals surface area contributed by atoms with Crippen LogP contribution in [0.25, 0.3) is 11.0 Å². The average molecular weight is 512 g/mol. The van der Waals surface area contributed by atoms with Gasteiger partial charge in [0.2, 0.25) is 12.6 Å². The Hall–Kier alpha value is -4.72. The Morgan fingerprint density at radius 3 is 2.68 bits per heavy atom. The van der Waals surface area contributed by atoms with E-state index in [0.717, 1.165) is 5.56 Å². The lowest BCUT2D eigenvalue weighted by Gasteiger charge is -2.26. The molecule has 6 rings (SSSR count). The minimum Gasteiger partial charge on any atom is -0.490 e. The van der Waals surface area contributed by atoms with Crippen LogP contribution in [0.5, 0.6) is 23.0 Å². The fourth-order valence-corrected chi connectivity index (χ4v) is 4.94. The van der Waals surface area contributed by atoms with Gasteiger partial charge in [-0.05, 0) is 54.4 Å². The Labute approximate surface area is 218 Å². The van der Waals surface area contributed by atoms with Gasteiger partial charge in [-0.25, -0.2) is 0 Å². The molecule has 0 unspecified atom stereocenters. The van der Waals surface area contributed by atoms with Gasteiger partial charge in [-0.3, -0.25) is 9.59 Å². The molecule has 8 nitrogen and oxygen atoms in total. The molecule has 38 heavy (non-hydrogen) atoms. The van der Waals surface area contributed by atoms with Crippen LogP contribution in [0.4, 0.5) is 0 Å². The molecular weight excluding hydrogens is 486 g/mol. The van der Waals surface area contributed by atoms with Crippen LogP contribution < -0.4 is 24.4 Å². The van der Waals surface area contributed by atoms with E-state index < -0.39 is 6.04 Å². The summed E-state index contributed by atoms with van der Waals surface area (Å²) < 4.78 is 28.6. The molecule has 0 saturated heterocycles. The summed E-state index contributed by atoms with van der Waals surface area (Å²) in [7, 11) is 0. The number of rotatable bonds is 8. The monoisotopic (exact) mass is 511 g/mol. The highest BCUT2D eigenvalue weighted by Crippen LogP contribution is 2.42. The molecule has 192 valence electrons. The number of nitrogens with zero attached hydrogens (tertiary/aromatic N) is 1.